The van der Waals surface area contributed by atoms with Gasteiger partial charge in [-0.05, 0) is 25.1 Å². The van der Waals surface area contributed by atoms with Gasteiger partial charge in [0.25, 0.3) is 0 Å². The van der Waals surface area contributed by atoms with Crippen LogP contribution in [0.5, 0.6) is 5.75 Å². The van der Waals surface area contributed by atoms with Crippen molar-refractivity contribution in [1.29, 1.82) is 0 Å². The Labute approximate surface area is 127 Å². The minimum atomic E-state index is -0.384. The molecule has 21 heavy (non-hydrogen) atoms. The molecule has 2 aromatic carbocycles. The second-order valence-corrected chi connectivity index (χ2v) is 6.15. The summed E-state index contributed by atoms with van der Waals surface area (Å²) in [6.07, 6.45) is -0.216. The molecule has 0 spiro atoms. The van der Waals surface area contributed by atoms with Crippen molar-refractivity contribution in [3.8, 4) is 5.75 Å². The maximum absolute atomic E-state index is 14.1. The highest BCUT2D eigenvalue weighted by Gasteiger charge is 2.30. The number of nitrogens with one attached hydrogen (secondary N) is 1. The second kappa shape index (κ2) is 6.05. The number of ether oxygens (including phenoxy) is 1. The van der Waals surface area contributed by atoms with Gasteiger partial charge in [-0.25, -0.2) is 9.82 Å². The van der Waals surface area contributed by atoms with Crippen LogP contribution in [0.25, 0.3) is 0 Å². The van der Waals surface area contributed by atoms with Crippen molar-refractivity contribution < 1.29 is 9.13 Å². The second-order valence-electron chi connectivity index (χ2n) is 5.08. The molecule has 3 nitrogen and oxygen atoms in total. The Kier molecular flexibility index (Phi) is 4.14. The fourth-order valence-corrected chi connectivity index (χ4v) is 3.54. The van der Waals surface area contributed by atoms with E-state index in [-0.39, 0.29) is 18.0 Å². The lowest BCUT2D eigenvalue weighted by atomic mass is 10.00. The molecule has 2 atom stereocenters. The Balaban J connectivity index is 1.90. The molecule has 110 valence electrons. The standard InChI is InChI=1S/C16H17FN2OS/c1-10-6-7-12(17)11(8-10)16(19-18)14-9-21-15-5-3-2-4-13(15)20-14/h2-8,14,16,19H,9,18H2,1H3. The minimum absolute atomic E-state index is 0.216. The normalized spacial score (nSPS) is 18.7. The summed E-state index contributed by atoms with van der Waals surface area (Å²) in [7, 11) is 0. The highest BCUT2D eigenvalue weighted by atomic mass is 32.2. The van der Waals surface area contributed by atoms with Gasteiger partial charge in [-0.3, -0.25) is 5.84 Å². The Morgan fingerprint density at radius 2 is 2.14 bits per heavy atom. The van der Waals surface area contributed by atoms with Crippen LogP contribution < -0.4 is 16.0 Å². The van der Waals surface area contributed by atoms with E-state index >= 15 is 0 Å². The molecular weight excluding hydrogens is 287 g/mol. The number of rotatable bonds is 3. The molecule has 0 amide bonds. The highest BCUT2D eigenvalue weighted by Crippen LogP contribution is 2.38. The van der Waals surface area contributed by atoms with Gasteiger partial charge in [-0.2, -0.15) is 0 Å². The summed E-state index contributed by atoms with van der Waals surface area (Å²) in [4.78, 5) is 1.11. The molecule has 0 aliphatic carbocycles. The quantitative estimate of drug-likeness (QED) is 0.675. The number of thioether (sulfide) groups is 1. The fraction of sp³-hybridized carbons (Fsp3) is 0.250. The zero-order valence-electron chi connectivity index (χ0n) is 11.7. The lowest BCUT2D eigenvalue weighted by molar-refractivity contribution is 0.164. The van der Waals surface area contributed by atoms with E-state index in [0.29, 0.717) is 5.56 Å². The number of aryl methyl sites for hydroxylation is 1. The molecule has 0 bridgehead atoms. The number of hydrogen-bond donors (Lipinski definition) is 2. The third kappa shape index (κ3) is 2.90. The van der Waals surface area contributed by atoms with Gasteiger partial charge in [0.1, 0.15) is 17.7 Å². The van der Waals surface area contributed by atoms with Crippen LogP contribution in [-0.4, -0.2) is 11.9 Å². The number of hydrogen-bond acceptors (Lipinski definition) is 4. The predicted octanol–water partition coefficient (Wildman–Crippen LogP) is 3.19. The Morgan fingerprint density at radius 1 is 1.33 bits per heavy atom. The summed E-state index contributed by atoms with van der Waals surface area (Å²) in [6, 6.07) is 12.5. The number of para-hydroxylation sites is 1. The number of nitrogens with two attached hydrogens (primary N) is 1. The van der Waals surface area contributed by atoms with Gasteiger partial charge in [-0.1, -0.05) is 29.8 Å². The molecule has 2 unspecified atom stereocenters. The summed E-state index contributed by atoms with van der Waals surface area (Å²) >= 11 is 1.70. The van der Waals surface area contributed by atoms with Crippen molar-refractivity contribution in [3.05, 3.63) is 59.4 Å². The monoisotopic (exact) mass is 304 g/mol. The van der Waals surface area contributed by atoms with Crippen molar-refractivity contribution in [1.82, 2.24) is 5.43 Å². The van der Waals surface area contributed by atoms with E-state index in [0.717, 1.165) is 22.0 Å². The number of fused-ring (bicyclic) bond motifs is 1. The van der Waals surface area contributed by atoms with Crippen LogP contribution >= 0.6 is 11.8 Å². The SMILES string of the molecule is Cc1ccc(F)c(C(NN)C2CSc3ccccc3O2)c1. The number of halogens is 1. The van der Waals surface area contributed by atoms with E-state index in [1.165, 1.54) is 6.07 Å². The lowest BCUT2D eigenvalue weighted by Crippen LogP contribution is -2.42. The average molecular weight is 304 g/mol. The van der Waals surface area contributed by atoms with Gasteiger partial charge in [0, 0.05) is 16.2 Å². The first kappa shape index (κ1) is 14.4. The van der Waals surface area contributed by atoms with Gasteiger partial charge in [0.05, 0.1) is 6.04 Å². The van der Waals surface area contributed by atoms with Gasteiger partial charge >= 0.3 is 0 Å². The van der Waals surface area contributed by atoms with Crippen LogP contribution in [0, 0.1) is 12.7 Å². The zero-order valence-corrected chi connectivity index (χ0v) is 12.5. The highest BCUT2D eigenvalue weighted by molar-refractivity contribution is 7.99. The average Bonchev–Trinajstić information content (AvgIpc) is 2.51. The van der Waals surface area contributed by atoms with Crippen LogP contribution in [-0.2, 0) is 0 Å². The minimum Gasteiger partial charge on any atom is -0.486 e. The summed E-state index contributed by atoms with van der Waals surface area (Å²) < 4.78 is 20.1. The molecule has 5 heteroatoms. The van der Waals surface area contributed by atoms with Gasteiger partial charge < -0.3 is 4.74 Å². The fourth-order valence-electron chi connectivity index (χ4n) is 2.50. The van der Waals surface area contributed by atoms with Gasteiger partial charge in [0.2, 0.25) is 0 Å². The van der Waals surface area contributed by atoms with Crippen LogP contribution in [0.4, 0.5) is 4.39 Å². The summed E-state index contributed by atoms with van der Waals surface area (Å²) in [6.45, 7) is 1.93. The summed E-state index contributed by atoms with van der Waals surface area (Å²) in [5, 5.41) is 0. The third-order valence-corrected chi connectivity index (χ3v) is 4.71. The maximum Gasteiger partial charge on any atom is 0.133 e. The molecule has 1 aliphatic heterocycles. The topological polar surface area (TPSA) is 47.3 Å². The molecule has 1 aliphatic rings. The third-order valence-electron chi connectivity index (χ3n) is 3.57. The Bertz CT molecular complexity index is 650. The molecule has 0 fully saturated rings. The Morgan fingerprint density at radius 3 is 2.95 bits per heavy atom. The van der Waals surface area contributed by atoms with E-state index in [2.05, 4.69) is 5.43 Å². The van der Waals surface area contributed by atoms with E-state index in [4.69, 9.17) is 10.6 Å². The molecule has 0 radical (unpaired) electrons. The van der Waals surface area contributed by atoms with E-state index in [1.54, 1.807) is 17.8 Å². The molecule has 0 saturated carbocycles. The van der Waals surface area contributed by atoms with Crippen molar-refractivity contribution in [2.75, 3.05) is 5.75 Å². The first-order valence-electron chi connectivity index (χ1n) is 6.79. The van der Waals surface area contributed by atoms with Crippen LogP contribution in [0.2, 0.25) is 0 Å². The van der Waals surface area contributed by atoms with Crippen LogP contribution in [0.3, 0.4) is 0 Å². The van der Waals surface area contributed by atoms with E-state index < -0.39 is 0 Å². The van der Waals surface area contributed by atoms with Crippen molar-refractivity contribution in [2.45, 2.75) is 24.0 Å². The molecule has 0 aromatic heterocycles. The summed E-state index contributed by atoms with van der Waals surface area (Å²) in [5.74, 6) is 6.95. The first-order valence-corrected chi connectivity index (χ1v) is 7.78. The largest absolute Gasteiger partial charge is 0.486 e. The molecule has 3 rings (SSSR count). The van der Waals surface area contributed by atoms with Gasteiger partial charge in [0.15, 0.2) is 0 Å². The van der Waals surface area contributed by atoms with Gasteiger partial charge in [-0.15, -0.1) is 11.8 Å². The smallest absolute Gasteiger partial charge is 0.133 e. The van der Waals surface area contributed by atoms with Crippen LogP contribution in [0.15, 0.2) is 47.4 Å². The first-order chi connectivity index (χ1) is 10.2. The predicted molar refractivity (Wildman–Crippen MR) is 82.8 cm³/mol. The lowest BCUT2D eigenvalue weighted by Gasteiger charge is -2.32. The summed E-state index contributed by atoms with van der Waals surface area (Å²) in [5.41, 5.74) is 4.25. The molecule has 1 heterocycles. The number of benzene rings is 2. The van der Waals surface area contributed by atoms with Crippen LogP contribution in [0.1, 0.15) is 17.2 Å². The van der Waals surface area contributed by atoms with Crippen molar-refractivity contribution in [3.63, 3.8) is 0 Å². The van der Waals surface area contributed by atoms with E-state index in [9.17, 15) is 4.39 Å². The molecule has 3 N–H and O–H groups in total. The van der Waals surface area contributed by atoms with E-state index in [1.807, 2.05) is 37.3 Å². The maximum atomic E-state index is 14.1. The van der Waals surface area contributed by atoms with Crippen molar-refractivity contribution >= 4 is 11.8 Å². The Hall–Kier alpha value is -1.56. The molecule has 0 saturated heterocycles. The zero-order chi connectivity index (χ0) is 14.8. The molecule has 2 aromatic rings. The number of hydrazine groups is 1. The molecular formula is C16H17FN2OS. The van der Waals surface area contributed by atoms with Crippen molar-refractivity contribution in [2.24, 2.45) is 5.84 Å².